The number of hydrogen-bond acceptors (Lipinski definition) is 7. The highest BCUT2D eigenvalue weighted by Crippen LogP contribution is 2.60. The van der Waals surface area contributed by atoms with Gasteiger partial charge >= 0.3 is 0 Å². The van der Waals surface area contributed by atoms with Crippen LogP contribution in [0.2, 0.25) is 0 Å². The second kappa shape index (κ2) is 12.7. The molecule has 2 aliphatic carbocycles. The van der Waals surface area contributed by atoms with Gasteiger partial charge in [-0.15, -0.1) is 0 Å². The molecular weight excluding hydrogens is 466 g/mol. The van der Waals surface area contributed by atoms with Gasteiger partial charge in [0.05, 0.1) is 18.9 Å². The van der Waals surface area contributed by atoms with Crippen LogP contribution < -0.4 is 15.5 Å². The van der Waals surface area contributed by atoms with Crippen LogP contribution in [0.5, 0.6) is 0 Å². The molecule has 1 fully saturated rings. The highest BCUT2D eigenvalue weighted by molar-refractivity contribution is 5.77. The van der Waals surface area contributed by atoms with Crippen LogP contribution in [0, 0.1) is 5.92 Å². The van der Waals surface area contributed by atoms with E-state index in [4.69, 9.17) is 14.5 Å². The van der Waals surface area contributed by atoms with Crippen molar-refractivity contribution in [1.82, 2.24) is 15.3 Å². The van der Waals surface area contributed by atoms with Crippen molar-refractivity contribution in [3.05, 3.63) is 78.4 Å². The average molecular weight is 506 g/mol. The lowest BCUT2D eigenvalue weighted by Crippen LogP contribution is -2.26. The van der Waals surface area contributed by atoms with Crippen LogP contribution in [-0.2, 0) is 19.7 Å². The van der Waals surface area contributed by atoms with Crippen molar-refractivity contribution in [3.8, 4) is 0 Å². The number of ether oxygens (including phenoxy) is 2. The molecule has 3 aliphatic rings. The van der Waals surface area contributed by atoms with E-state index in [9.17, 15) is 4.79 Å². The lowest BCUT2D eigenvalue weighted by atomic mass is 9.94. The van der Waals surface area contributed by atoms with Crippen LogP contribution in [-0.4, -0.2) is 55.8 Å². The minimum atomic E-state index is -0.0938. The van der Waals surface area contributed by atoms with Crippen molar-refractivity contribution >= 4 is 23.7 Å². The fourth-order valence-electron chi connectivity index (χ4n) is 4.47. The molecule has 8 heteroatoms. The van der Waals surface area contributed by atoms with Gasteiger partial charge in [-0.05, 0) is 64.1 Å². The predicted octanol–water partition coefficient (Wildman–Crippen LogP) is 4.75. The maximum absolute atomic E-state index is 11.6. The molecule has 0 spiro atoms. The maximum Gasteiger partial charge on any atom is 0.227 e. The number of amides is 1. The monoisotopic (exact) mass is 505 g/mol. The van der Waals surface area contributed by atoms with Gasteiger partial charge in [0, 0.05) is 49.5 Å². The zero-order valence-electron chi connectivity index (χ0n) is 21.9. The van der Waals surface area contributed by atoms with Gasteiger partial charge in [0.25, 0.3) is 0 Å². The molecule has 0 saturated heterocycles. The molecule has 1 amide bonds. The minimum Gasteiger partial charge on any atom is -0.497 e. The van der Waals surface area contributed by atoms with Crippen molar-refractivity contribution < 1.29 is 15.7 Å². The topological polar surface area (TPSA) is 88.6 Å². The zero-order valence-corrected chi connectivity index (χ0v) is 21.9. The first-order valence-corrected chi connectivity index (χ1v) is 12.9. The summed E-state index contributed by atoms with van der Waals surface area (Å²) in [5.41, 5.74) is 2.56. The normalized spacial score (nSPS) is 23.5. The average Bonchev–Trinajstić information content (AvgIpc) is 3.69. The Bertz CT molecular complexity index is 1150. The number of nitrogens with one attached hydrogen (secondary N) is 2. The Morgan fingerprint density at radius 3 is 3.08 bits per heavy atom. The van der Waals surface area contributed by atoms with Crippen molar-refractivity contribution in [2.24, 2.45) is 5.92 Å². The van der Waals surface area contributed by atoms with E-state index in [2.05, 4.69) is 46.8 Å². The summed E-state index contributed by atoms with van der Waals surface area (Å²) in [7, 11) is 1.93. The quantitative estimate of drug-likeness (QED) is 0.448. The Morgan fingerprint density at radius 1 is 1.38 bits per heavy atom. The highest BCUT2D eigenvalue weighted by Gasteiger charge is 2.58. The molecule has 37 heavy (non-hydrogen) atoms. The van der Waals surface area contributed by atoms with Gasteiger partial charge in [0.2, 0.25) is 12.4 Å². The third-order valence-electron chi connectivity index (χ3n) is 6.78. The molecule has 198 valence electrons. The number of rotatable bonds is 5. The first kappa shape index (κ1) is 26.6. The van der Waals surface area contributed by atoms with E-state index in [-0.39, 0.29) is 6.84 Å². The first-order valence-electron chi connectivity index (χ1n) is 12.9. The van der Waals surface area contributed by atoms with Crippen LogP contribution in [0.3, 0.4) is 0 Å². The number of anilines is 3. The molecule has 2 aromatic rings. The molecule has 3 unspecified atom stereocenters. The number of allylic oxidation sites excluding steroid dienone is 4. The predicted molar refractivity (Wildman–Crippen MR) is 149 cm³/mol. The van der Waals surface area contributed by atoms with Crippen molar-refractivity contribution in [3.63, 3.8) is 0 Å². The number of likely N-dealkylation sites (N-methyl/N-ethyl adjacent to an activating group) is 1. The van der Waals surface area contributed by atoms with Crippen molar-refractivity contribution in [2.45, 2.75) is 38.1 Å². The number of carbonyl (C=O) groups is 1. The van der Waals surface area contributed by atoms with Gasteiger partial charge in [-0.3, -0.25) is 4.79 Å². The summed E-state index contributed by atoms with van der Waals surface area (Å²) >= 11 is 0. The highest BCUT2D eigenvalue weighted by atomic mass is 16.5. The third kappa shape index (κ3) is 6.64. The van der Waals surface area contributed by atoms with Crippen LogP contribution in [0.15, 0.2) is 72.7 Å². The van der Waals surface area contributed by atoms with Crippen molar-refractivity contribution in [2.75, 3.05) is 43.6 Å². The van der Waals surface area contributed by atoms with Crippen LogP contribution in [0.1, 0.15) is 33.8 Å². The molecule has 2 N–H and O–H groups in total. The van der Waals surface area contributed by atoms with Crippen LogP contribution >= 0.6 is 0 Å². The molecule has 0 radical (unpaired) electrons. The van der Waals surface area contributed by atoms with Gasteiger partial charge in [0.1, 0.15) is 5.76 Å². The molecule has 5 rings (SSSR count). The molecule has 2 heterocycles. The van der Waals surface area contributed by atoms with Crippen LogP contribution in [0.4, 0.5) is 17.3 Å². The van der Waals surface area contributed by atoms with Gasteiger partial charge in [-0.2, -0.15) is 0 Å². The van der Waals surface area contributed by atoms with Gasteiger partial charge in [-0.25, -0.2) is 9.97 Å². The number of carbonyl (C=O) groups excluding carboxylic acids is 1. The summed E-state index contributed by atoms with van der Waals surface area (Å²) in [6, 6.07) is 10.2. The van der Waals surface area contributed by atoms with E-state index >= 15 is 0 Å². The minimum absolute atomic E-state index is 0. The van der Waals surface area contributed by atoms with E-state index in [1.54, 1.807) is 11.1 Å². The Labute approximate surface area is 221 Å². The number of hydrogen-bond donors (Lipinski definition) is 2. The van der Waals surface area contributed by atoms with E-state index in [0.717, 1.165) is 55.3 Å². The summed E-state index contributed by atoms with van der Waals surface area (Å²) in [4.78, 5) is 22.4. The maximum atomic E-state index is 11.6. The fraction of sp³-hybridized carbons (Fsp3) is 0.414. The largest absolute Gasteiger partial charge is 0.497 e. The standard InChI is InChI=1S/C23H22N4O2.C6H15NO.H2/c28-16-27-12-2-1-3-13-29-20-8-5-10-23(15-19(20)23)21-9-11-24-22(26-21)25-17-6-4-7-18(27)14-17;1-4-8-5-6(2)7-3;/h1-2,4-11,14,16,19H,3,12-13,15H2,(H,24,25,26);6-7H,4-5H2,1-3H3;1H/b2-1+;;. The second-order valence-corrected chi connectivity index (χ2v) is 9.38. The zero-order chi connectivity index (χ0) is 26.1. The number of aromatic nitrogens is 2. The number of nitrogens with zero attached hydrogens (tertiary/aromatic N) is 3. The van der Waals surface area contributed by atoms with Crippen LogP contribution in [0.25, 0.3) is 0 Å². The Morgan fingerprint density at radius 2 is 2.27 bits per heavy atom. The molecular formula is C29H39N5O3. The first-order chi connectivity index (χ1) is 18.1. The summed E-state index contributed by atoms with van der Waals surface area (Å²) < 4.78 is 11.2. The Kier molecular flexibility index (Phi) is 9.09. The summed E-state index contributed by atoms with van der Waals surface area (Å²) in [6.07, 6.45) is 14.9. The van der Waals surface area contributed by atoms with Gasteiger partial charge in [-0.1, -0.05) is 30.4 Å². The second-order valence-electron chi connectivity index (χ2n) is 9.38. The molecule has 6 bridgehead atoms. The summed E-state index contributed by atoms with van der Waals surface area (Å²) in [5, 5.41) is 6.35. The van der Waals surface area contributed by atoms with E-state index in [0.29, 0.717) is 31.1 Å². The Balaban J connectivity index is 0.000000390. The van der Waals surface area contributed by atoms with E-state index in [1.165, 1.54) is 0 Å². The lowest BCUT2D eigenvalue weighted by Gasteiger charge is -2.19. The lowest BCUT2D eigenvalue weighted by molar-refractivity contribution is -0.107. The van der Waals surface area contributed by atoms with E-state index < -0.39 is 0 Å². The van der Waals surface area contributed by atoms with Gasteiger partial charge in [0.15, 0.2) is 0 Å². The molecule has 1 aromatic carbocycles. The molecule has 1 aromatic heterocycles. The fourth-order valence-corrected chi connectivity index (χ4v) is 4.47. The molecule has 1 aliphatic heterocycles. The molecule has 3 atom stereocenters. The number of fused-ring (bicyclic) bond motifs is 4. The number of benzene rings is 1. The molecule has 8 nitrogen and oxygen atoms in total. The summed E-state index contributed by atoms with van der Waals surface area (Å²) in [6.45, 7) is 6.85. The smallest absolute Gasteiger partial charge is 0.227 e. The molecule has 1 saturated carbocycles. The van der Waals surface area contributed by atoms with E-state index in [1.807, 2.05) is 50.4 Å². The Hall–Kier alpha value is -3.49. The SMILES string of the molecule is CCOCC(C)NC.O=CN1C/C=C/CCOC2=CC=CC3(CC23)c2ccnc(n2)Nc2cccc1c2.[HH]. The van der Waals surface area contributed by atoms with Gasteiger partial charge < -0.3 is 25.0 Å². The van der Waals surface area contributed by atoms with Crippen molar-refractivity contribution in [1.29, 1.82) is 0 Å². The third-order valence-corrected chi connectivity index (χ3v) is 6.78. The summed E-state index contributed by atoms with van der Waals surface area (Å²) in [5.74, 6) is 1.91.